The molecule has 0 heterocycles. The van der Waals surface area contributed by atoms with Gasteiger partial charge in [0.1, 0.15) is 6.61 Å². The molecule has 0 atom stereocenters. The minimum Gasteiger partial charge on any atom is -0.369 e. The number of rotatable bonds is 6. The summed E-state index contributed by atoms with van der Waals surface area (Å²) in [4.78, 5) is 2.62. The average molecular weight is 153 g/mol. The summed E-state index contributed by atoms with van der Waals surface area (Å²) in [5.74, 6) is 2.37. The molecular weight excluding hydrogens is 142 g/mol. The molecule has 0 saturated carbocycles. The molecule has 0 aromatic carbocycles. The van der Waals surface area contributed by atoms with Gasteiger partial charge in [-0.05, 0) is 18.4 Å². The minimum absolute atomic E-state index is 0.363. The van der Waals surface area contributed by atoms with Gasteiger partial charge in [0.2, 0.25) is 0 Å². The molecule has 0 aromatic heterocycles. The molecule has 11 heavy (non-hydrogen) atoms. The highest BCUT2D eigenvalue weighted by Crippen LogP contribution is 1.90. The Morgan fingerprint density at radius 2 is 2.36 bits per heavy atom. The summed E-state index contributed by atoms with van der Waals surface area (Å²) in [6, 6.07) is 0. The van der Waals surface area contributed by atoms with Crippen LogP contribution in [0.2, 0.25) is 0 Å². The van der Waals surface area contributed by atoms with Crippen LogP contribution >= 0.6 is 0 Å². The maximum Gasteiger partial charge on any atom is 0.107 e. The van der Waals surface area contributed by atoms with Crippen LogP contribution in [0.15, 0.2) is 5.11 Å². The minimum atomic E-state index is 0.363. The molecule has 60 valence electrons. The highest BCUT2D eigenvalue weighted by atomic mass is 16.5. The monoisotopic (exact) mass is 153 g/mol. The summed E-state index contributed by atoms with van der Waals surface area (Å²) in [6.07, 6.45) is 6.69. The van der Waals surface area contributed by atoms with E-state index in [1.165, 1.54) is 0 Å². The average Bonchev–Trinajstić information content (AvgIpc) is 2.03. The van der Waals surface area contributed by atoms with E-state index in [-0.39, 0.29) is 0 Å². The molecule has 4 heteroatoms. The zero-order chi connectivity index (χ0) is 8.36. The topological polar surface area (TPSA) is 58.0 Å². The van der Waals surface area contributed by atoms with E-state index >= 15 is 0 Å². The summed E-state index contributed by atoms with van der Waals surface area (Å²) in [5.41, 5.74) is 7.91. The van der Waals surface area contributed by atoms with E-state index in [1.807, 2.05) is 0 Å². The lowest BCUT2D eigenvalue weighted by Gasteiger charge is -1.96. The van der Waals surface area contributed by atoms with Gasteiger partial charge >= 0.3 is 0 Å². The van der Waals surface area contributed by atoms with Gasteiger partial charge in [-0.2, -0.15) is 0 Å². The van der Waals surface area contributed by atoms with Crippen LogP contribution in [0.3, 0.4) is 0 Å². The molecule has 0 unspecified atom stereocenters. The van der Waals surface area contributed by atoms with Crippen molar-refractivity contribution in [3.05, 3.63) is 10.4 Å². The van der Waals surface area contributed by atoms with Gasteiger partial charge in [-0.15, -0.1) is 6.42 Å². The number of azide groups is 1. The van der Waals surface area contributed by atoms with Crippen molar-refractivity contribution in [2.24, 2.45) is 5.11 Å². The molecule has 0 aromatic rings. The van der Waals surface area contributed by atoms with Crippen molar-refractivity contribution < 1.29 is 4.74 Å². The Balaban J connectivity index is 2.91. The highest BCUT2D eigenvalue weighted by molar-refractivity contribution is 4.82. The smallest absolute Gasteiger partial charge is 0.107 e. The van der Waals surface area contributed by atoms with Crippen molar-refractivity contribution in [1.82, 2.24) is 0 Å². The Hall–Kier alpha value is -1.17. The van der Waals surface area contributed by atoms with Crippen molar-refractivity contribution in [3.8, 4) is 12.3 Å². The zero-order valence-electron chi connectivity index (χ0n) is 6.36. The summed E-state index contributed by atoms with van der Waals surface area (Å²) >= 11 is 0. The summed E-state index contributed by atoms with van der Waals surface area (Å²) in [6.45, 7) is 1.54. The third kappa shape index (κ3) is 8.83. The Labute approximate surface area is 66.2 Å². The molecule has 0 fully saturated rings. The Morgan fingerprint density at radius 3 is 3.00 bits per heavy atom. The fourth-order valence-corrected chi connectivity index (χ4v) is 0.562. The molecule has 0 aliphatic carbocycles. The molecule has 0 spiro atoms. The molecule has 0 rings (SSSR count). The number of terminal acetylenes is 1. The van der Waals surface area contributed by atoms with Gasteiger partial charge in [-0.3, -0.25) is 0 Å². The molecule has 0 amide bonds. The molecule has 0 radical (unpaired) electrons. The van der Waals surface area contributed by atoms with Crippen LogP contribution in [0.5, 0.6) is 0 Å². The first-order valence-corrected chi connectivity index (χ1v) is 3.44. The lowest BCUT2D eigenvalue weighted by molar-refractivity contribution is 0.163. The van der Waals surface area contributed by atoms with E-state index < -0.39 is 0 Å². The number of nitrogens with zero attached hydrogens (tertiary/aromatic N) is 3. The molecule has 0 bridgehead atoms. The third-order valence-corrected chi connectivity index (χ3v) is 1.05. The molecule has 0 aliphatic heterocycles. The van der Waals surface area contributed by atoms with Crippen LogP contribution in [0, 0.1) is 12.3 Å². The second-order valence-corrected chi connectivity index (χ2v) is 1.92. The summed E-state index contributed by atoms with van der Waals surface area (Å²) in [7, 11) is 0. The maximum atomic E-state index is 7.91. The lowest BCUT2D eigenvalue weighted by atomic mass is 10.3. The molecule has 4 nitrogen and oxygen atoms in total. The van der Waals surface area contributed by atoms with Gasteiger partial charge in [0, 0.05) is 18.1 Å². The van der Waals surface area contributed by atoms with E-state index in [1.54, 1.807) is 0 Å². The van der Waals surface area contributed by atoms with E-state index in [0.717, 1.165) is 12.8 Å². The normalized spacial score (nSPS) is 8.27. The summed E-state index contributed by atoms with van der Waals surface area (Å²) in [5, 5.41) is 3.37. The second kappa shape index (κ2) is 8.83. The quantitative estimate of drug-likeness (QED) is 0.188. The number of hydrogen-bond donors (Lipinski definition) is 0. The molecule has 0 saturated heterocycles. The van der Waals surface area contributed by atoms with Crippen LogP contribution in [0.4, 0.5) is 0 Å². The van der Waals surface area contributed by atoms with Crippen LogP contribution < -0.4 is 0 Å². The highest BCUT2D eigenvalue weighted by Gasteiger charge is 1.85. The van der Waals surface area contributed by atoms with Crippen molar-refractivity contribution in [1.29, 1.82) is 0 Å². The largest absolute Gasteiger partial charge is 0.369 e. The molecule has 0 N–H and O–H groups in total. The predicted molar refractivity (Wildman–Crippen MR) is 42.9 cm³/mol. The van der Waals surface area contributed by atoms with Crippen LogP contribution in [-0.2, 0) is 4.74 Å². The Morgan fingerprint density at radius 1 is 1.55 bits per heavy atom. The number of unbranched alkanes of at least 4 members (excludes halogenated alkanes) is 1. The Bertz CT molecular complexity index is 167. The van der Waals surface area contributed by atoms with Crippen molar-refractivity contribution >= 4 is 0 Å². The van der Waals surface area contributed by atoms with Gasteiger partial charge in [-0.1, -0.05) is 11.0 Å². The first-order chi connectivity index (χ1) is 5.41. The van der Waals surface area contributed by atoms with Crippen LogP contribution in [-0.4, -0.2) is 19.8 Å². The van der Waals surface area contributed by atoms with Gasteiger partial charge in [0.15, 0.2) is 0 Å². The van der Waals surface area contributed by atoms with Gasteiger partial charge in [0.25, 0.3) is 0 Å². The SMILES string of the molecule is C#CCOCCCCN=[N+]=[N-]. The van der Waals surface area contributed by atoms with Gasteiger partial charge in [0.05, 0.1) is 0 Å². The van der Waals surface area contributed by atoms with Crippen LogP contribution in [0.1, 0.15) is 12.8 Å². The zero-order valence-corrected chi connectivity index (χ0v) is 6.36. The first kappa shape index (κ1) is 9.83. The number of ether oxygens (including phenoxy) is 1. The van der Waals surface area contributed by atoms with E-state index in [4.69, 9.17) is 16.7 Å². The molecule has 0 aliphatic rings. The lowest BCUT2D eigenvalue weighted by Crippen LogP contribution is -1.94. The van der Waals surface area contributed by atoms with Crippen molar-refractivity contribution in [2.45, 2.75) is 12.8 Å². The second-order valence-electron chi connectivity index (χ2n) is 1.92. The van der Waals surface area contributed by atoms with Crippen molar-refractivity contribution in [2.75, 3.05) is 19.8 Å². The van der Waals surface area contributed by atoms with E-state index in [9.17, 15) is 0 Å². The maximum absolute atomic E-state index is 7.91. The van der Waals surface area contributed by atoms with Crippen LogP contribution in [0.25, 0.3) is 10.4 Å². The van der Waals surface area contributed by atoms with E-state index in [0.29, 0.717) is 19.8 Å². The fraction of sp³-hybridized carbons (Fsp3) is 0.714. The van der Waals surface area contributed by atoms with E-state index in [2.05, 4.69) is 15.9 Å². The Kier molecular flexibility index (Phi) is 7.89. The van der Waals surface area contributed by atoms with Crippen molar-refractivity contribution in [3.63, 3.8) is 0 Å². The third-order valence-electron chi connectivity index (χ3n) is 1.05. The summed E-state index contributed by atoms with van der Waals surface area (Å²) < 4.78 is 4.99. The standard InChI is InChI=1S/C7H11N3O/c1-2-6-11-7-4-3-5-9-10-8/h1H,3-7H2. The molecular formula is C7H11N3O. The number of hydrogen-bond acceptors (Lipinski definition) is 2. The fourth-order valence-electron chi connectivity index (χ4n) is 0.562. The van der Waals surface area contributed by atoms with Gasteiger partial charge < -0.3 is 4.74 Å². The predicted octanol–water partition coefficient (Wildman–Crippen LogP) is 1.73. The van der Waals surface area contributed by atoms with Gasteiger partial charge in [-0.25, -0.2) is 0 Å². The first-order valence-electron chi connectivity index (χ1n) is 3.44.